The summed E-state index contributed by atoms with van der Waals surface area (Å²) in [5.74, 6) is 0.153. The van der Waals surface area contributed by atoms with Gasteiger partial charge in [0.15, 0.2) is 5.82 Å². The van der Waals surface area contributed by atoms with E-state index in [2.05, 4.69) is 20.3 Å². The summed E-state index contributed by atoms with van der Waals surface area (Å²) in [6.45, 7) is 3.68. The van der Waals surface area contributed by atoms with E-state index in [1.807, 2.05) is 13.8 Å². The Balaban J connectivity index is 1.82. The predicted octanol–water partition coefficient (Wildman–Crippen LogP) is 2.75. The molecule has 9 heteroatoms. The molecule has 3 aromatic rings. The van der Waals surface area contributed by atoms with Crippen LogP contribution in [-0.4, -0.2) is 35.5 Å². The van der Waals surface area contributed by atoms with E-state index in [-0.39, 0.29) is 17.5 Å². The third-order valence-corrected chi connectivity index (χ3v) is 4.40. The Bertz CT molecular complexity index is 1130. The van der Waals surface area contributed by atoms with Gasteiger partial charge in [0, 0.05) is 18.0 Å². The lowest BCUT2D eigenvalue weighted by molar-refractivity contribution is 0.102. The first-order valence-corrected chi connectivity index (χ1v) is 10.1. The monoisotopic (exact) mass is 398 g/mol. The molecule has 1 N–H and O–H groups in total. The second-order valence-corrected chi connectivity index (χ2v) is 7.77. The molecule has 28 heavy (non-hydrogen) atoms. The molecule has 8 nitrogen and oxygen atoms in total. The van der Waals surface area contributed by atoms with Crippen molar-refractivity contribution in [1.82, 2.24) is 15.0 Å². The fraction of sp³-hybridized carbons (Fsp3) is 0.158. The Morgan fingerprint density at radius 1 is 1.04 bits per heavy atom. The maximum atomic E-state index is 12.3. The second-order valence-electron chi connectivity index (χ2n) is 6.20. The van der Waals surface area contributed by atoms with Gasteiger partial charge in [-0.1, -0.05) is 6.07 Å². The summed E-state index contributed by atoms with van der Waals surface area (Å²) in [5.41, 5.74) is 3.32. The Labute approximate surface area is 162 Å². The van der Waals surface area contributed by atoms with E-state index in [0.29, 0.717) is 16.8 Å². The minimum Gasteiger partial charge on any atom is -0.383 e. The molecule has 0 fully saturated rings. The number of aryl methyl sites for hydroxylation is 2. The highest BCUT2D eigenvalue weighted by Crippen LogP contribution is 2.27. The van der Waals surface area contributed by atoms with Gasteiger partial charge in [-0.2, -0.15) is 8.42 Å². The zero-order valence-corrected chi connectivity index (χ0v) is 16.3. The Hall–Kier alpha value is -3.33. The Kier molecular flexibility index (Phi) is 5.36. The molecule has 0 aliphatic heterocycles. The lowest BCUT2D eigenvalue weighted by Gasteiger charge is -2.10. The molecule has 0 atom stereocenters. The van der Waals surface area contributed by atoms with Crippen molar-refractivity contribution < 1.29 is 17.4 Å². The van der Waals surface area contributed by atoms with Gasteiger partial charge < -0.3 is 9.50 Å². The molecular weight excluding hydrogens is 380 g/mol. The van der Waals surface area contributed by atoms with E-state index in [0.717, 1.165) is 17.4 Å². The summed E-state index contributed by atoms with van der Waals surface area (Å²) in [5, 5.41) is 2.68. The van der Waals surface area contributed by atoms with Crippen LogP contribution in [0.2, 0.25) is 0 Å². The number of amides is 1. The lowest BCUT2D eigenvalue weighted by Crippen LogP contribution is -2.14. The maximum Gasteiger partial charge on any atom is 0.306 e. The highest BCUT2D eigenvalue weighted by atomic mass is 32.2. The summed E-state index contributed by atoms with van der Waals surface area (Å²) in [7, 11) is -3.63. The third kappa shape index (κ3) is 4.68. The molecule has 144 valence electrons. The summed E-state index contributed by atoms with van der Waals surface area (Å²) in [6, 6.07) is 6.63. The van der Waals surface area contributed by atoms with Gasteiger partial charge >= 0.3 is 10.1 Å². The number of carbonyl (C=O) groups is 1. The number of hydrogen-bond donors (Lipinski definition) is 1. The van der Waals surface area contributed by atoms with Crippen LogP contribution in [0.1, 0.15) is 21.5 Å². The topological polar surface area (TPSA) is 111 Å². The van der Waals surface area contributed by atoms with Crippen molar-refractivity contribution in [1.29, 1.82) is 0 Å². The number of aromatic nitrogens is 3. The van der Waals surface area contributed by atoms with E-state index in [1.165, 1.54) is 18.6 Å². The van der Waals surface area contributed by atoms with Crippen molar-refractivity contribution in [3.8, 4) is 17.0 Å². The van der Waals surface area contributed by atoms with Crippen LogP contribution in [0.4, 0.5) is 5.82 Å². The Morgan fingerprint density at radius 2 is 1.82 bits per heavy atom. The van der Waals surface area contributed by atoms with Crippen molar-refractivity contribution in [3.63, 3.8) is 0 Å². The van der Waals surface area contributed by atoms with Crippen LogP contribution in [-0.2, 0) is 10.1 Å². The number of pyridine rings is 1. The number of nitrogens with zero attached hydrogens (tertiary/aromatic N) is 3. The van der Waals surface area contributed by atoms with Gasteiger partial charge in [0.25, 0.3) is 5.91 Å². The molecule has 1 aromatic carbocycles. The molecule has 1 amide bonds. The van der Waals surface area contributed by atoms with Crippen LogP contribution in [0, 0.1) is 13.8 Å². The van der Waals surface area contributed by atoms with Crippen LogP contribution < -0.4 is 9.50 Å². The van der Waals surface area contributed by atoms with E-state index in [9.17, 15) is 13.2 Å². The van der Waals surface area contributed by atoms with Crippen LogP contribution in [0.25, 0.3) is 11.3 Å². The highest BCUT2D eigenvalue weighted by molar-refractivity contribution is 7.86. The molecular formula is C19H18N4O4S. The predicted molar refractivity (Wildman–Crippen MR) is 105 cm³/mol. The molecule has 2 aromatic heterocycles. The number of rotatable bonds is 5. The first-order valence-electron chi connectivity index (χ1n) is 8.27. The average molecular weight is 398 g/mol. The van der Waals surface area contributed by atoms with Crippen LogP contribution in [0.3, 0.4) is 0 Å². The second kappa shape index (κ2) is 7.73. The first kappa shape index (κ1) is 19.4. The molecule has 0 unspecified atom stereocenters. The van der Waals surface area contributed by atoms with E-state index < -0.39 is 10.1 Å². The zero-order chi connectivity index (χ0) is 20.3. The van der Waals surface area contributed by atoms with Gasteiger partial charge in [-0.3, -0.25) is 14.8 Å². The van der Waals surface area contributed by atoms with Crippen LogP contribution in [0.15, 0.2) is 49.1 Å². The lowest BCUT2D eigenvalue weighted by atomic mass is 10.1. The molecule has 0 bridgehead atoms. The van der Waals surface area contributed by atoms with Crippen molar-refractivity contribution in [2.45, 2.75) is 13.8 Å². The van der Waals surface area contributed by atoms with Gasteiger partial charge in [-0.15, -0.1) is 0 Å². The fourth-order valence-electron chi connectivity index (χ4n) is 2.52. The molecule has 0 aliphatic carbocycles. The van der Waals surface area contributed by atoms with Crippen molar-refractivity contribution in [3.05, 3.63) is 65.7 Å². The molecule has 0 spiro atoms. The smallest absolute Gasteiger partial charge is 0.306 e. The molecule has 0 radical (unpaired) electrons. The van der Waals surface area contributed by atoms with Gasteiger partial charge in [0.05, 0.1) is 29.9 Å². The third-order valence-electron chi connectivity index (χ3n) is 3.91. The summed E-state index contributed by atoms with van der Waals surface area (Å²) in [4.78, 5) is 24.8. The summed E-state index contributed by atoms with van der Waals surface area (Å²) < 4.78 is 27.6. The van der Waals surface area contributed by atoms with Gasteiger partial charge in [-0.25, -0.2) is 4.98 Å². The molecule has 2 heterocycles. The van der Waals surface area contributed by atoms with Crippen molar-refractivity contribution in [2.75, 3.05) is 11.6 Å². The number of hydrogen-bond acceptors (Lipinski definition) is 7. The largest absolute Gasteiger partial charge is 0.383 e. The van der Waals surface area contributed by atoms with E-state index in [4.69, 9.17) is 4.18 Å². The molecule has 0 saturated heterocycles. The normalized spacial score (nSPS) is 11.1. The quantitative estimate of drug-likeness (QED) is 0.658. The number of benzene rings is 1. The average Bonchev–Trinajstić information content (AvgIpc) is 2.63. The minimum absolute atomic E-state index is 0.189. The minimum atomic E-state index is -3.63. The SMILES string of the molecule is Cc1ccncc1C(=O)Nc1cnc(-c2cc(OS(C)(=O)=O)ccc2C)cn1. The van der Waals surface area contributed by atoms with Gasteiger partial charge in [-0.05, 0) is 43.2 Å². The van der Waals surface area contributed by atoms with E-state index in [1.54, 1.807) is 30.5 Å². The van der Waals surface area contributed by atoms with E-state index >= 15 is 0 Å². The summed E-state index contributed by atoms with van der Waals surface area (Å²) >= 11 is 0. The van der Waals surface area contributed by atoms with Crippen molar-refractivity contribution >= 4 is 21.8 Å². The fourth-order valence-corrected chi connectivity index (χ4v) is 2.97. The van der Waals surface area contributed by atoms with Crippen LogP contribution >= 0.6 is 0 Å². The van der Waals surface area contributed by atoms with Gasteiger partial charge in [0.2, 0.25) is 0 Å². The number of anilines is 1. The first-order chi connectivity index (χ1) is 13.2. The maximum absolute atomic E-state index is 12.3. The zero-order valence-electron chi connectivity index (χ0n) is 15.5. The number of carbonyl (C=O) groups excluding carboxylic acids is 1. The Morgan fingerprint density at radius 3 is 2.46 bits per heavy atom. The molecule has 3 rings (SSSR count). The highest BCUT2D eigenvalue weighted by Gasteiger charge is 2.12. The molecule has 0 saturated carbocycles. The standard InChI is InChI=1S/C19H18N4O4S/c1-12-4-5-14(27-28(3,25)26)8-15(12)17-10-22-18(11-21-17)23-19(24)16-9-20-7-6-13(16)2/h4-11H,1-3H3,(H,22,23,24). The van der Waals surface area contributed by atoms with Gasteiger partial charge in [0.1, 0.15) is 5.75 Å². The van der Waals surface area contributed by atoms with Crippen molar-refractivity contribution in [2.24, 2.45) is 0 Å². The number of nitrogens with one attached hydrogen (secondary N) is 1. The summed E-state index contributed by atoms with van der Waals surface area (Å²) in [6.07, 6.45) is 7.02. The van der Waals surface area contributed by atoms with Crippen LogP contribution in [0.5, 0.6) is 5.75 Å². The molecule has 0 aliphatic rings.